The van der Waals surface area contributed by atoms with E-state index in [4.69, 9.17) is 5.11 Å². The number of aryl methyl sites for hydroxylation is 1. The molecule has 1 aromatic carbocycles. The summed E-state index contributed by atoms with van der Waals surface area (Å²) in [7, 11) is 0. The Morgan fingerprint density at radius 2 is 2.10 bits per heavy atom. The van der Waals surface area contributed by atoms with E-state index in [9.17, 15) is 23.1 Å². The molecule has 1 aromatic heterocycles. The van der Waals surface area contributed by atoms with Crippen LogP contribution in [0.15, 0.2) is 18.2 Å². The summed E-state index contributed by atoms with van der Waals surface area (Å²) in [5.41, 5.74) is -0.369. The summed E-state index contributed by atoms with van der Waals surface area (Å²) in [4.78, 5) is 14.7. The van der Waals surface area contributed by atoms with Crippen LogP contribution in [0.3, 0.4) is 0 Å². The van der Waals surface area contributed by atoms with Crippen LogP contribution >= 0.6 is 0 Å². The van der Waals surface area contributed by atoms with Gasteiger partial charge in [-0.3, -0.25) is 0 Å². The predicted molar refractivity (Wildman–Crippen MR) is 68.0 cm³/mol. The predicted octanol–water partition coefficient (Wildman–Crippen LogP) is 2.52. The summed E-state index contributed by atoms with van der Waals surface area (Å²) >= 11 is 0. The number of carbonyl (C=O) groups is 1. The number of rotatable bonds is 4. The van der Waals surface area contributed by atoms with Crippen molar-refractivity contribution in [2.45, 2.75) is 32.2 Å². The quantitative estimate of drug-likeness (QED) is 0.910. The highest BCUT2D eigenvalue weighted by molar-refractivity contribution is 6.01. The number of nitrogens with zero attached hydrogens (tertiary/aromatic N) is 2. The van der Waals surface area contributed by atoms with E-state index >= 15 is 0 Å². The van der Waals surface area contributed by atoms with Gasteiger partial charge in [0, 0.05) is 6.54 Å². The Balaban J connectivity index is 2.70. The zero-order valence-electron chi connectivity index (χ0n) is 11.1. The first-order valence-electron chi connectivity index (χ1n) is 6.19. The van der Waals surface area contributed by atoms with Crippen LogP contribution in [0.5, 0.6) is 0 Å². The number of carboxylic acids is 1. The Morgan fingerprint density at radius 3 is 2.62 bits per heavy atom. The first kappa shape index (κ1) is 15.3. The third kappa shape index (κ3) is 2.99. The summed E-state index contributed by atoms with van der Waals surface area (Å²) in [5, 5.41) is 18.4. The van der Waals surface area contributed by atoms with Crippen LogP contribution < -0.4 is 0 Å². The van der Waals surface area contributed by atoms with E-state index in [-0.39, 0.29) is 29.6 Å². The fraction of sp³-hybridized carbons (Fsp3) is 0.385. The molecular formula is C13H13F3N2O3. The van der Waals surface area contributed by atoms with Crippen LogP contribution in [-0.2, 0) is 12.7 Å². The number of imidazole rings is 1. The smallest absolute Gasteiger partial charge is 0.449 e. The number of alkyl halides is 3. The highest BCUT2D eigenvalue weighted by atomic mass is 19.4. The molecular weight excluding hydrogens is 289 g/mol. The van der Waals surface area contributed by atoms with Crippen LogP contribution in [0, 0.1) is 0 Å². The molecule has 114 valence electrons. The molecule has 0 saturated heterocycles. The minimum Gasteiger partial charge on any atom is -0.478 e. The fourth-order valence-electron chi connectivity index (χ4n) is 2.11. The largest absolute Gasteiger partial charge is 0.478 e. The number of aliphatic hydroxyl groups is 1. The molecule has 8 heteroatoms. The van der Waals surface area contributed by atoms with Crippen molar-refractivity contribution in [2.75, 3.05) is 0 Å². The van der Waals surface area contributed by atoms with Crippen molar-refractivity contribution in [1.82, 2.24) is 9.55 Å². The molecule has 0 amide bonds. The van der Waals surface area contributed by atoms with Gasteiger partial charge in [0.15, 0.2) is 0 Å². The van der Waals surface area contributed by atoms with Crippen molar-refractivity contribution < 1.29 is 28.2 Å². The Labute approximate surface area is 117 Å². The Kier molecular flexibility index (Phi) is 3.91. The second-order valence-electron chi connectivity index (χ2n) is 4.70. The van der Waals surface area contributed by atoms with Gasteiger partial charge in [-0.05, 0) is 25.5 Å². The molecule has 0 saturated carbocycles. The van der Waals surface area contributed by atoms with Crippen molar-refractivity contribution in [3.63, 3.8) is 0 Å². The van der Waals surface area contributed by atoms with Crippen LogP contribution in [0.1, 0.15) is 29.5 Å². The summed E-state index contributed by atoms with van der Waals surface area (Å²) < 4.78 is 40.0. The molecule has 1 unspecified atom stereocenters. The number of benzene rings is 1. The lowest BCUT2D eigenvalue weighted by molar-refractivity contribution is -0.147. The van der Waals surface area contributed by atoms with E-state index in [1.165, 1.54) is 25.1 Å². The van der Waals surface area contributed by atoms with Crippen molar-refractivity contribution in [3.05, 3.63) is 29.6 Å². The Hall–Kier alpha value is -2.09. The lowest BCUT2D eigenvalue weighted by Gasteiger charge is -2.13. The SMILES string of the molecule is CC(O)CCn1c(C(F)(F)F)nc2cccc(C(=O)O)c21. The normalized spacial score (nSPS) is 13.6. The van der Waals surface area contributed by atoms with Crippen molar-refractivity contribution in [1.29, 1.82) is 0 Å². The minimum absolute atomic E-state index is 0.0344. The van der Waals surface area contributed by atoms with Crippen LogP contribution in [0.4, 0.5) is 13.2 Å². The van der Waals surface area contributed by atoms with Gasteiger partial charge in [-0.25, -0.2) is 9.78 Å². The lowest BCUT2D eigenvalue weighted by Crippen LogP contribution is -2.17. The molecule has 0 aliphatic heterocycles. The number of hydrogen-bond acceptors (Lipinski definition) is 3. The van der Waals surface area contributed by atoms with Crippen LogP contribution in [-0.4, -0.2) is 31.8 Å². The van der Waals surface area contributed by atoms with E-state index in [0.29, 0.717) is 0 Å². The minimum atomic E-state index is -4.70. The number of aromatic carboxylic acids is 1. The van der Waals surface area contributed by atoms with Gasteiger partial charge in [0.05, 0.1) is 22.7 Å². The summed E-state index contributed by atoms with van der Waals surface area (Å²) in [6, 6.07) is 3.90. The molecule has 2 aromatic rings. The number of carboxylic acid groups (broad SMARTS) is 1. The second kappa shape index (κ2) is 5.36. The van der Waals surface area contributed by atoms with Crippen LogP contribution in [0.25, 0.3) is 11.0 Å². The third-order valence-corrected chi connectivity index (χ3v) is 3.02. The molecule has 21 heavy (non-hydrogen) atoms. The molecule has 1 heterocycles. The molecule has 0 bridgehead atoms. The van der Waals surface area contributed by atoms with E-state index in [2.05, 4.69) is 4.98 Å². The Morgan fingerprint density at radius 1 is 1.43 bits per heavy atom. The third-order valence-electron chi connectivity index (χ3n) is 3.02. The van der Waals surface area contributed by atoms with Gasteiger partial charge in [0.25, 0.3) is 0 Å². The topological polar surface area (TPSA) is 75.3 Å². The maximum Gasteiger partial charge on any atom is 0.449 e. The monoisotopic (exact) mass is 302 g/mol. The first-order valence-corrected chi connectivity index (χ1v) is 6.19. The van der Waals surface area contributed by atoms with Gasteiger partial charge in [0.2, 0.25) is 5.82 Å². The average molecular weight is 302 g/mol. The second-order valence-corrected chi connectivity index (χ2v) is 4.70. The molecule has 0 aliphatic rings. The number of para-hydroxylation sites is 1. The standard InChI is InChI=1S/C13H13F3N2O3/c1-7(19)5-6-18-10-8(11(20)21)3-2-4-9(10)17-12(18)13(14,15)16/h2-4,7,19H,5-6H2,1H3,(H,20,21). The number of aliphatic hydroxyl groups excluding tert-OH is 1. The highest BCUT2D eigenvalue weighted by Gasteiger charge is 2.38. The molecule has 2 N–H and O–H groups in total. The zero-order chi connectivity index (χ0) is 15.8. The van der Waals surface area contributed by atoms with Crippen molar-refractivity contribution >= 4 is 17.0 Å². The maximum absolute atomic E-state index is 13.1. The first-order chi connectivity index (χ1) is 9.71. The summed E-state index contributed by atoms with van der Waals surface area (Å²) in [6.07, 6.45) is -5.45. The molecule has 5 nitrogen and oxygen atoms in total. The number of halogens is 3. The van der Waals surface area contributed by atoms with Gasteiger partial charge < -0.3 is 14.8 Å². The van der Waals surface area contributed by atoms with E-state index in [0.717, 1.165) is 4.57 Å². The molecule has 2 rings (SSSR count). The molecule has 0 spiro atoms. The summed E-state index contributed by atoms with van der Waals surface area (Å²) in [5.74, 6) is -2.49. The van der Waals surface area contributed by atoms with E-state index in [1.807, 2.05) is 0 Å². The average Bonchev–Trinajstić information content (AvgIpc) is 2.74. The van der Waals surface area contributed by atoms with Gasteiger partial charge in [0.1, 0.15) is 0 Å². The van der Waals surface area contributed by atoms with E-state index in [1.54, 1.807) is 0 Å². The summed E-state index contributed by atoms with van der Waals surface area (Å²) in [6.45, 7) is 1.28. The molecule has 0 fully saturated rings. The van der Waals surface area contributed by atoms with Gasteiger partial charge in [-0.1, -0.05) is 6.07 Å². The number of hydrogen-bond donors (Lipinski definition) is 2. The highest BCUT2D eigenvalue weighted by Crippen LogP contribution is 2.33. The molecule has 1 atom stereocenters. The lowest BCUT2D eigenvalue weighted by atomic mass is 10.2. The van der Waals surface area contributed by atoms with Gasteiger partial charge in [-0.15, -0.1) is 0 Å². The molecule has 0 radical (unpaired) electrons. The zero-order valence-corrected chi connectivity index (χ0v) is 11.1. The van der Waals surface area contributed by atoms with E-state index < -0.39 is 24.1 Å². The van der Waals surface area contributed by atoms with Crippen molar-refractivity contribution in [3.8, 4) is 0 Å². The van der Waals surface area contributed by atoms with Gasteiger partial charge in [-0.2, -0.15) is 13.2 Å². The fourth-order valence-corrected chi connectivity index (χ4v) is 2.11. The van der Waals surface area contributed by atoms with Gasteiger partial charge >= 0.3 is 12.1 Å². The number of fused-ring (bicyclic) bond motifs is 1. The molecule has 0 aliphatic carbocycles. The van der Waals surface area contributed by atoms with Crippen LogP contribution in [0.2, 0.25) is 0 Å². The number of aromatic nitrogens is 2. The van der Waals surface area contributed by atoms with Crippen molar-refractivity contribution in [2.24, 2.45) is 0 Å². The maximum atomic E-state index is 13.1. The Bertz CT molecular complexity index is 677.